The number of nitrogens with one attached hydrogen (secondary N) is 1. The van der Waals surface area contributed by atoms with Crippen molar-refractivity contribution in [2.24, 2.45) is 0 Å². The van der Waals surface area contributed by atoms with E-state index in [4.69, 9.17) is 18.6 Å². The Hall–Kier alpha value is -2.89. The summed E-state index contributed by atoms with van der Waals surface area (Å²) in [7, 11) is 4.55. The maximum Gasteiger partial charge on any atom is 0.248 e. The Morgan fingerprint density at radius 3 is 2.32 bits per heavy atom. The molecule has 0 aliphatic heterocycles. The molecule has 0 saturated carbocycles. The minimum Gasteiger partial charge on any atom is -0.493 e. The summed E-state index contributed by atoms with van der Waals surface area (Å²) in [6.07, 6.45) is 4.49. The highest BCUT2D eigenvalue weighted by Crippen LogP contribution is 2.39. The lowest BCUT2D eigenvalue weighted by Gasteiger charge is -2.14. The number of benzene rings is 1. The standard InChI is InChI=1S/C16H17NO5/c1-19-13-9-11(10-14(20-2)16(13)21-3)17-15(18)7-6-12-5-4-8-22-12/h4-10H,1-3H3,(H,17,18). The lowest BCUT2D eigenvalue weighted by Crippen LogP contribution is -2.08. The van der Waals surface area contributed by atoms with Gasteiger partial charge < -0.3 is 23.9 Å². The van der Waals surface area contributed by atoms with E-state index in [0.717, 1.165) is 0 Å². The highest BCUT2D eigenvalue weighted by atomic mass is 16.5. The Bertz CT molecular complexity index is 636. The number of carbonyl (C=O) groups is 1. The van der Waals surface area contributed by atoms with Crippen molar-refractivity contribution in [3.63, 3.8) is 0 Å². The molecule has 0 aliphatic rings. The van der Waals surface area contributed by atoms with Crippen LogP contribution in [-0.2, 0) is 4.79 Å². The summed E-state index contributed by atoms with van der Waals surface area (Å²) >= 11 is 0. The number of anilines is 1. The van der Waals surface area contributed by atoms with Crippen molar-refractivity contribution >= 4 is 17.7 Å². The lowest BCUT2D eigenvalue weighted by atomic mass is 10.2. The van der Waals surface area contributed by atoms with Gasteiger partial charge in [-0.3, -0.25) is 4.79 Å². The van der Waals surface area contributed by atoms with Gasteiger partial charge in [0.05, 0.1) is 27.6 Å². The topological polar surface area (TPSA) is 69.9 Å². The van der Waals surface area contributed by atoms with Crippen molar-refractivity contribution in [1.29, 1.82) is 0 Å². The number of methoxy groups -OCH3 is 3. The summed E-state index contributed by atoms with van der Waals surface area (Å²) < 4.78 is 20.8. The Morgan fingerprint density at radius 1 is 1.14 bits per heavy atom. The van der Waals surface area contributed by atoms with Gasteiger partial charge in [0, 0.05) is 23.9 Å². The molecule has 0 bridgehead atoms. The van der Waals surface area contributed by atoms with Crippen LogP contribution < -0.4 is 19.5 Å². The first-order valence-corrected chi connectivity index (χ1v) is 6.50. The van der Waals surface area contributed by atoms with Gasteiger partial charge in [-0.2, -0.15) is 0 Å². The first-order valence-electron chi connectivity index (χ1n) is 6.50. The van der Waals surface area contributed by atoms with Gasteiger partial charge in [-0.05, 0) is 18.2 Å². The van der Waals surface area contributed by atoms with Crippen LogP contribution in [0.2, 0.25) is 0 Å². The number of carbonyl (C=O) groups excluding carboxylic acids is 1. The third-order valence-electron chi connectivity index (χ3n) is 2.87. The fourth-order valence-corrected chi connectivity index (χ4v) is 1.88. The van der Waals surface area contributed by atoms with Gasteiger partial charge in [0.25, 0.3) is 0 Å². The van der Waals surface area contributed by atoms with Crippen molar-refractivity contribution in [3.05, 3.63) is 42.4 Å². The largest absolute Gasteiger partial charge is 0.493 e. The van der Waals surface area contributed by atoms with Crippen LogP contribution in [0.1, 0.15) is 5.76 Å². The number of rotatable bonds is 6. The zero-order chi connectivity index (χ0) is 15.9. The van der Waals surface area contributed by atoms with E-state index >= 15 is 0 Å². The van der Waals surface area contributed by atoms with E-state index in [2.05, 4.69) is 5.32 Å². The zero-order valence-corrected chi connectivity index (χ0v) is 12.6. The van der Waals surface area contributed by atoms with Gasteiger partial charge in [-0.25, -0.2) is 0 Å². The molecule has 0 unspecified atom stereocenters. The second kappa shape index (κ2) is 7.21. The van der Waals surface area contributed by atoms with E-state index in [9.17, 15) is 4.79 Å². The summed E-state index contributed by atoms with van der Waals surface area (Å²) in [6, 6.07) is 6.81. The molecular weight excluding hydrogens is 286 g/mol. The van der Waals surface area contributed by atoms with E-state index in [-0.39, 0.29) is 5.91 Å². The number of amides is 1. The van der Waals surface area contributed by atoms with Gasteiger partial charge in [0.1, 0.15) is 5.76 Å². The monoisotopic (exact) mass is 303 g/mol. The average molecular weight is 303 g/mol. The molecule has 6 heteroatoms. The summed E-state index contributed by atoms with van der Waals surface area (Å²) in [5.41, 5.74) is 0.531. The second-order valence-corrected chi connectivity index (χ2v) is 4.25. The Balaban J connectivity index is 2.16. The quantitative estimate of drug-likeness (QED) is 0.831. The molecule has 1 aromatic heterocycles. The molecule has 2 aromatic rings. The maximum atomic E-state index is 11.9. The SMILES string of the molecule is COc1cc(NC(=O)C=Cc2ccco2)cc(OC)c1OC. The highest BCUT2D eigenvalue weighted by Gasteiger charge is 2.13. The summed E-state index contributed by atoms with van der Waals surface area (Å²) in [4.78, 5) is 11.9. The highest BCUT2D eigenvalue weighted by molar-refractivity contribution is 6.02. The van der Waals surface area contributed by atoms with Crippen LogP contribution in [0.25, 0.3) is 6.08 Å². The van der Waals surface area contributed by atoms with E-state index < -0.39 is 0 Å². The van der Waals surface area contributed by atoms with E-state index in [1.807, 2.05) is 0 Å². The van der Waals surface area contributed by atoms with Crippen molar-refractivity contribution in [1.82, 2.24) is 0 Å². The number of ether oxygens (including phenoxy) is 3. The summed E-state index contributed by atoms with van der Waals surface area (Å²) in [6.45, 7) is 0. The zero-order valence-electron chi connectivity index (χ0n) is 12.6. The summed E-state index contributed by atoms with van der Waals surface area (Å²) in [5.74, 6) is 1.69. The number of hydrogen-bond acceptors (Lipinski definition) is 5. The Kier molecular flexibility index (Phi) is 5.08. The molecular formula is C16H17NO5. The molecule has 2 rings (SSSR count). The third kappa shape index (κ3) is 3.60. The van der Waals surface area contributed by atoms with Gasteiger partial charge in [-0.15, -0.1) is 0 Å². The lowest BCUT2D eigenvalue weighted by molar-refractivity contribution is -0.111. The third-order valence-corrected chi connectivity index (χ3v) is 2.87. The van der Waals surface area contributed by atoms with E-state index in [1.165, 1.54) is 33.7 Å². The van der Waals surface area contributed by atoms with E-state index in [0.29, 0.717) is 28.7 Å². The Morgan fingerprint density at radius 2 is 1.82 bits per heavy atom. The first-order chi connectivity index (χ1) is 10.7. The first kappa shape index (κ1) is 15.5. The molecule has 0 atom stereocenters. The predicted molar refractivity (Wildman–Crippen MR) is 82.5 cm³/mol. The molecule has 22 heavy (non-hydrogen) atoms. The Labute approximate surface area is 128 Å². The normalized spacial score (nSPS) is 10.5. The molecule has 1 amide bonds. The average Bonchev–Trinajstić information content (AvgIpc) is 3.05. The molecule has 0 aliphatic carbocycles. The minimum absolute atomic E-state index is 0.300. The van der Waals surface area contributed by atoms with Gasteiger partial charge in [0.2, 0.25) is 11.7 Å². The number of hydrogen-bond donors (Lipinski definition) is 1. The van der Waals surface area contributed by atoms with Crippen LogP contribution in [0.4, 0.5) is 5.69 Å². The number of furan rings is 1. The fraction of sp³-hybridized carbons (Fsp3) is 0.188. The van der Waals surface area contributed by atoms with Crippen LogP contribution in [0.5, 0.6) is 17.2 Å². The van der Waals surface area contributed by atoms with Crippen molar-refractivity contribution in [2.75, 3.05) is 26.6 Å². The smallest absolute Gasteiger partial charge is 0.248 e. The van der Waals surface area contributed by atoms with E-state index in [1.54, 1.807) is 30.3 Å². The molecule has 0 spiro atoms. The maximum absolute atomic E-state index is 11.9. The molecule has 0 fully saturated rings. The van der Waals surface area contributed by atoms with Crippen molar-refractivity contribution in [3.8, 4) is 17.2 Å². The van der Waals surface area contributed by atoms with Crippen molar-refractivity contribution < 1.29 is 23.4 Å². The van der Waals surface area contributed by atoms with Crippen LogP contribution in [0, 0.1) is 0 Å². The van der Waals surface area contributed by atoms with Crippen LogP contribution in [-0.4, -0.2) is 27.2 Å². The molecule has 0 radical (unpaired) electrons. The predicted octanol–water partition coefficient (Wildman–Crippen LogP) is 2.96. The summed E-state index contributed by atoms with van der Waals surface area (Å²) in [5, 5.41) is 2.72. The van der Waals surface area contributed by atoms with Crippen LogP contribution in [0.15, 0.2) is 41.0 Å². The molecule has 6 nitrogen and oxygen atoms in total. The van der Waals surface area contributed by atoms with Crippen LogP contribution >= 0.6 is 0 Å². The minimum atomic E-state index is -0.300. The molecule has 1 heterocycles. The van der Waals surface area contributed by atoms with Crippen LogP contribution in [0.3, 0.4) is 0 Å². The second-order valence-electron chi connectivity index (χ2n) is 4.25. The van der Waals surface area contributed by atoms with Gasteiger partial charge in [-0.1, -0.05) is 0 Å². The van der Waals surface area contributed by atoms with Gasteiger partial charge in [0.15, 0.2) is 11.5 Å². The fourth-order valence-electron chi connectivity index (χ4n) is 1.88. The molecule has 0 saturated heterocycles. The molecule has 1 N–H and O–H groups in total. The van der Waals surface area contributed by atoms with Gasteiger partial charge >= 0.3 is 0 Å². The molecule has 116 valence electrons. The molecule has 1 aromatic carbocycles. The van der Waals surface area contributed by atoms with Crippen molar-refractivity contribution in [2.45, 2.75) is 0 Å².